The van der Waals surface area contributed by atoms with Gasteiger partial charge in [-0.3, -0.25) is 13.9 Å². The summed E-state index contributed by atoms with van der Waals surface area (Å²) in [5.41, 5.74) is 9.52. The van der Waals surface area contributed by atoms with Gasteiger partial charge in [-0.1, -0.05) is 39.1 Å². The largest absolute Gasteiger partial charge is 0.716 e. The maximum absolute atomic E-state index is 11.8. The van der Waals surface area contributed by atoms with E-state index in [1.165, 1.54) is 36.5 Å². The lowest BCUT2D eigenvalue weighted by atomic mass is 9.39. The van der Waals surface area contributed by atoms with Gasteiger partial charge in [0.15, 0.2) is 6.33 Å². The normalized spacial score (nSPS) is 30.3. The first-order valence-electron chi connectivity index (χ1n) is 16.0. The van der Waals surface area contributed by atoms with Gasteiger partial charge in [0, 0.05) is 7.05 Å². The Balaban J connectivity index is 0.000000238. The Morgan fingerprint density at radius 2 is 1.89 bits per heavy atom. The standard InChI is InChI=1S/C25H38O5S.C8H11N5O/c1-23(2)12-5-13-25(4)21(23)10-14-24(3)20(8-6-18-11-15-29-16-18)19(7-9-22(24)25)17-30-31(26,27)28;1-11-4-12(2)6-5(11)7(14)13(3)8(9)10-6/h11,15-17,20-22H,5-10,12-14H2,1-4H3,(H,26,27,28);4H,1-3H3,(H-,9,10,14)/b19-17+;/t20-,21-,22-,24+,25-;/m0./s1. The van der Waals surface area contributed by atoms with Crippen molar-refractivity contribution in [2.45, 2.75) is 85.5 Å². The van der Waals surface area contributed by atoms with Gasteiger partial charge in [0.2, 0.25) is 5.52 Å². The van der Waals surface area contributed by atoms with Crippen LogP contribution in [-0.2, 0) is 42.1 Å². The number of hydrogen-bond acceptors (Lipinski definition) is 8. The number of nitrogen functional groups attached to an aromatic ring is 1. The molecule has 3 aliphatic rings. The van der Waals surface area contributed by atoms with E-state index in [9.17, 15) is 17.8 Å². The Bertz CT molecular complexity index is 1740. The van der Waals surface area contributed by atoms with E-state index in [1.54, 1.807) is 35.0 Å². The summed E-state index contributed by atoms with van der Waals surface area (Å²) in [5.74, 6) is 1.74. The van der Waals surface area contributed by atoms with Crippen molar-refractivity contribution in [2.24, 2.45) is 55.1 Å². The summed E-state index contributed by atoms with van der Waals surface area (Å²) >= 11 is 0. The lowest BCUT2D eigenvalue weighted by molar-refractivity contribution is -0.647. The number of allylic oxidation sites excluding steroid dienone is 1. The van der Waals surface area contributed by atoms with Gasteiger partial charge < -0.3 is 18.9 Å². The summed E-state index contributed by atoms with van der Waals surface area (Å²) in [7, 11) is 0.501. The SMILES string of the molecule is CC1(C)CCC[C@]2(C)[C@H]3CC/C(=C\OS(=O)(=O)[O-])[C@H](CCc4ccoc4)[C@@]3(C)CC[C@@H]12.Cn1c(N)nc2c(c1=O)n(C)c[n+]2C. The van der Waals surface area contributed by atoms with Crippen molar-refractivity contribution in [2.75, 3.05) is 5.73 Å². The molecular weight excluding hydrogens is 594 g/mol. The molecule has 3 heterocycles. The van der Waals surface area contributed by atoms with Crippen LogP contribution in [0.5, 0.6) is 0 Å². The number of furan rings is 1. The summed E-state index contributed by atoms with van der Waals surface area (Å²) in [6, 6.07) is 1.99. The fourth-order valence-electron chi connectivity index (χ4n) is 9.72. The zero-order valence-corrected chi connectivity index (χ0v) is 28.5. The number of hydrogen-bond donors (Lipinski definition) is 1. The molecule has 3 aliphatic carbocycles. The number of nitrogens with zero attached hydrogens (tertiary/aromatic N) is 4. The van der Waals surface area contributed by atoms with Crippen molar-refractivity contribution in [1.82, 2.24) is 14.1 Å². The van der Waals surface area contributed by atoms with Crippen molar-refractivity contribution in [1.29, 1.82) is 0 Å². The third-order valence-electron chi connectivity index (χ3n) is 11.7. The maximum atomic E-state index is 11.8. The minimum Gasteiger partial charge on any atom is -0.716 e. The highest BCUT2D eigenvalue weighted by Gasteiger charge is 2.61. The third kappa shape index (κ3) is 6.19. The Morgan fingerprint density at radius 3 is 2.56 bits per heavy atom. The highest BCUT2D eigenvalue weighted by Crippen LogP contribution is 2.69. The number of rotatable bonds is 5. The summed E-state index contributed by atoms with van der Waals surface area (Å²) in [4.78, 5) is 15.9. The lowest BCUT2D eigenvalue weighted by Crippen LogP contribution is -2.58. The first-order valence-corrected chi connectivity index (χ1v) is 17.3. The van der Waals surface area contributed by atoms with E-state index in [0.717, 1.165) is 49.2 Å². The van der Waals surface area contributed by atoms with Crippen molar-refractivity contribution >= 4 is 27.5 Å². The highest BCUT2D eigenvalue weighted by molar-refractivity contribution is 7.80. The average molecular weight is 644 g/mol. The minimum atomic E-state index is -4.74. The fourth-order valence-corrected chi connectivity index (χ4v) is 9.96. The monoisotopic (exact) mass is 643 g/mol. The molecular formula is C33H49N5O6S. The van der Waals surface area contributed by atoms with Crippen LogP contribution in [0.4, 0.5) is 5.95 Å². The van der Waals surface area contributed by atoms with Crippen molar-refractivity contribution in [3.63, 3.8) is 0 Å². The Labute approximate surface area is 266 Å². The van der Waals surface area contributed by atoms with E-state index in [1.807, 2.05) is 20.2 Å². The average Bonchev–Trinajstić information content (AvgIpc) is 3.56. The first kappa shape index (κ1) is 33.2. The zero-order valence-electron chi connectivity index (χ0n) is 27.7. The molecule has 3 saturated carbocycles. The summed E-state index contributed by atoms with van der Waals surface area (Å²) in [5, 5.41) is 0. The number of nitrogens with two attached hydrogens (primary N) is 1. The van der Waals surface area contributed by atoms with Crippen LogP contribution >= 0.6 is 0 Å². The Morgan fingerprint density at radius 1 is 1.16 bits per heavy atom. The zero-order chi connectivity index (χ0) is 32.9. The lowest BCUT2D eigenvalue weighted by Gasteiger charge is -2.66. The molecule has 0 unspecified atom stereocenters. The quantitative estimate of drug-likeness (QED) is 0.178. The number of aryl methyl sites for hydroxylation is 3. The second-order valence-electron chi connectivity index (χ2n) is 14.8. The van der Waals surface area contributed by atoms with Crippen LogP contribution in [0.1, 0.15) is 84.6 Å². The van der Waals surface area contributed by atoms with Gasteiger partial charge in [-0.2, -0.15) is 0 Å². The Hall–Kier alpha value is -3.12. The van der Waals surface area contributed by atoms with Crippen LogP contribution in [-0.4, -0.2) is 27.1 Å². The van der Waals surface area contributed by atoms with E-state index in [2.05, 4.69) is 36.9 Å². The molecule has 3 fully saturated rings. The topological polar surface area (TPSA) is 149 Å². The smallest absolute Gasteiger partial charge is 0.311 e. The molecule has 0 radical (unpaired) electrons. The van der Waals surface area contributed by atoms with Gasteiger partial charge in [-0.05, 0) is 103 Å². The molecule has 0 amide bonds. The molecule has 12 heteroatoms. The van der Waals surface area contributed by atoms with Crippen molar-refractivity contribution in [3.8, 4) is 0 Å². The minimum absolute atomic E-state index is 0.0719. The van der Waals surface area contributed by atoms with Gasteiger partial charge in [-0.15, -0.1) is 0 Å². The third-order valence-corrected chi connectivity index (χ3v) is 12.1. The van der Waals surface area contributed by atoms with Gasteiger partial charge in [0.25, 0.3) is 16.3 Å². The van der Waals surface area contributed by atoms with Gasteiger partial charge in [0.05, 0.1) is 26.6 Å². The molecule has 3 aromatic rings. The molecule has 0 bridgehead atoms. The van der Waals surface area contributed by atoms with Crippen molar-refractivity contribution in [3.05, 3.63) is 52.7 Å². The van der Waals surface area contributed by atoms with Gasteiger partial charge >= 0.3 is 11.2 Å². The highest BCUT2D eigenvalue weighted by atomic mass is 32.3. The molecule has 248 valence electrons. The first-order chi connectivity index (χ1) is 21.0. The second-order valence-corrected chi connectivity index (χ2v) is 15.8. The predicted octanol–water partition coefficient (Wildman–Crippen LogP) is 4.91. The van der Waals surface area contributed by atoms with E-state index in [4.69, 9.17) is 10.2 Å². The van der Waals surface area contributed by atoms with Crippen LogP contribution in [0.3, 0.4) is 0 Å². The Kier molecular flexibility index (Phi) is 8.80. The van der Waals surface area contributed by atoms with Gasteiger partial charge in [0.1, 0.15) is 6.26 Å². The number of imidazole rings is 1. The van der Waals surface area contributed by atoms with E-state index < -0.39 is 10.4 Å². The molecule has 0 aromatic carbocycles. The molecule has 0 aliphatic heterocycles. The van der Waals surface area contributed by atoms with Crippen LogP contribution in [0.25, 0.3) is 11.2 Å². The predicted molar refractivity (Wildman–Crippen MR) is 170 cm³/mol. The van der Waals surface area contributed by atoms with Crippen LogP contribution in [0.2, 0.25) is 0 Å². The number of anilines is 1. The van der Waals surface area contributed by atoms with Crippen LogP contribution in [0.15, 0.2) is 46.0 Å². The molecule has 2 N–H and O–H groups in total. The van der Waals surface area contributed by atoms with Crippen LogP contribution in [0, 0.1) is 34.0 Å². The fraction of sp³-hybridized carbons (Fsp3) is 0.667. The molecule has 11 nitrogen and oxygen atoms in total. The van der Waals surface area contributed by atoms with Crippen molar-refractivity contribution < 1.29 is 26.1 Å². The van der Waals surface area contributed by atoms with E-state index in [0.29, 0.717) is 27.9 Å². The number of aromatic nitrogens is 4. The van der Waals surface area contributed by atoms with E-state index >= 15 is 0 Å². The number of fused-ring (bicyclic) bond motifs is 4. The molecule has 6 rings (SSSR count). The second kappa shape index (κ2) is 11.9. The van der Waals surface area contributed by atoms with Crippen LogP contribution < -0.4 is 15.9 Å². The van der Waals surface area contributed by atoms with E-state index in [-0.39, 0.29) is 22.8 Å². The van der Waals surface area contributed by atoms with Gasteiger partial charge in [-0.25, -0.2) is 13.0 Å². The molecule has 45 heavy (non-hydrogen) atoms. The molecule has 5 atom stereocenters. The molecule has 3 aromatic heterocycles. The molecule has 0 saturated heterocycles. The summed E-state index contributed by atoms with van der Waals surface area (Å²) in [6.45, 7) is 9.85. The summed E-state index contributed by atoms with van der Waals surface area (Å²) in [6.07, 6.45) is 16.4. The molecule has 0 spiro atoms. The summed E-state index contributed by atoms with van der Waals surface area (Å²) < 4.78 is 48.3. The maximum Gasteiger partial charge on any atom is 0.311 e.